The molecule has 1 aromatic carbocycles. The highest BCUT2D eigenvalue weighted by atomic mass is 32.2. The first-order valence-corrected chi connectivity index (χ1v) is 7.85. The first-order valence-electron chi connectivity index (χ1n) is 6.04. The standard InChI is InChI=1S/C11H7F3N6OS2/c1-20-11(17-18-19-20)22-3-6(21)15-10-16-9-5(23-10)2-4(12)7(13)8(9)14/h2H,3H2,1H3,(H,15,16,21). The van der Waals surface area contributed by atoms with Crippen molar-refractivity contribution < 1.29 is 18.0 Å². The molecule has 120 valence electrons. The topological polar surface area (TPSA) is 85.6 Å². The van der Waals surface area contributed by atoms with Crippen LogP contribution in [0.4, 0.5) is 18.3 Å². The summed E-state index contributed by atoms with van der Waals surface area (Å²) in [5, 5.41) is 13.7. The molecule has 0 atom stereocenters. The first-order chi connectivity index (χ1) is 11.0. The number of nitrogens with one attached hydrogen (secondary N) is 1. The lowest BCUT2D eigenvalue weighted by atomic mass is 10.3. The molecule has 3 aromatic rings. The van der Waals surface area contributed by atoms with Crippen LogP contribution in [0.15, 0.2) is 11.2 Å². The number of halogens is 3. The van der Waals surface area contributed by atoms with E-state index in [1.807, 2.05) is 0 Å². The molecular weight excluding hydrogens is 353 g/mol. The number of rotatable bonds is 4. The lowest BCUT2D eigenvalue weighted by Crippen LogP contribution is -2.14. The number of hydrogen-bond acceptors (Lipinski definition) is 7. The van der Waals surface area contributed by atoms with E-state index in [1.54, 1.807) is 7.05 Å². The van der Waals surface area contributed by atoms with Gasteiger partial charge < -0.3 is 5.32 Å². The van der Waals surface area contributed by atoms with Gasteiger partial charge in [-0.2, -0.15) is 0 Å². The van der Waals surface area contributed by atoms with Gasteiger partial charge in [0.2, 0.25) is 11.1 Å². The molecule has 0 spiro atoms. The van der Waals surface area contributed by atoms with Crippen molar-refractivity contribution in [3.05, 3.63) is 23.5 Å². The van der Waals surface area contributed by atoms with Gasteiger partial charge in [0, 0.05) is 7.05 Å². The number of thioether (sulfide) groups is 1. The number of anilines is 1. The zero-order chi connectivity index (χ0) is 16.6. The van der Waals surface area contributed by atoms with Crippen molar-refractivity contribution in [3.8, 4) is 0 Å². The molecule has 0 unspecified atom stereocenters. The average molecular weight is 360 g/mol. The maximum absolute atomic E-state index is 13.6. The second-order valence-electron chi connectivity index (χ2n) is 4.27. The second-order valence-corrected chi connectivity index (χ2v) is 6.25. The van der Waals surface area contributed by atoms with Crippen LogP contribution in [0.2, 0.25) is 0 Å². The summed E-state index contributed by atoms with van der Waals surface area (Å²) >= 11 is 1.94. The zero-order valence-electron chi connectivity index (χ0n) is 11.4. The number of benzene rings is 1. The Morgan fingerprint density at radius 2 is 2.17 bits per heavy atom. The summed E-state index contributed by atoms with van der Waals surface area (Å²) in [4.78, 5) is 15.6. The van der Waals surface area contributed by atoms with E-state index >= 15 is 0 Å². The number of tetrazole rings is 1. The Morgan fingerprint density at radius 3 is 2.87 bits per heavy atom. The third-order valence-corrected chi connectivity index (χ3v) is 4.61. The molecule has 0 saturated heterocycles. The van der Waals surface area contributed by atoms with Gasteiger partial charge in [-0.1, -0.05) is 23.1 Å². The molecule has 0 bridgehead atoms. The van der Waals surface area contributed by atoms with E-state index in [0.29, 0.717) is 5.16 Å². The molecule has 23 heavy (non-hydrogen) atoms. The van der Waals surface area contributed by atoms with Crippen LogP contribution >= 0.6 is 23.1 Å². The minimum absolute atomic E-state index is 0.00462. The van der Waals surface area contributed by atoms with Crippen molar-refractivity contribution in [2.24, 2.45) is 7.05 Å². The summed E-state index contributed by atoms with van der Waals surface area (Å²) in [6.45, 7) is 0. The predicted octanol–water partition coefficient (Wildman–Crippen LogP) is 1.97. The number of thiazole rings is 1. The van der Waals surface area contributed by atoms with Gasteiger partial charge in [-0.05, 0) is 16.5 Å². The van der Waals surface area contributed by atoms with E-state index in [0.717, 1.165) is 29.2 Å². The second kappa shape index (κ2) is 6.12. The number of fused-ring (bicyclic) bond motifs is 1. The van der Waals surface area contributed by atoms with Crippen molar-refractivity contribution in [2.75, 3.05) is 11.1 Å². The van der Waals surface area contributed by atoms with Crippen molar-refractivity contribution >= 4 is 44.4 Å². The van der Waals surface area contributed by atoms with Crippen LogP contribution in [0, 0.1) is 17.5 Å². The third-order valence-electron chi connectivity index (χ3n) is 2.68. The quantitative estimate of drug-likeness (QED) is 0.566. The van der Waals surface area contributed by atoms with Crippen LogP contribution in [-0.4, -0.2) is 36.9 Å². The van der Waals surface area contributed by atoms with Crippen molar-refractivity contribution in [1.29, 1.82) is 0 Å². The SMILES string of the molecule is Cn1nnnc1SCC(=O)Nc1nc2c(F)c(F)c(F)cc2s1. The summed E-state index contributed by atoms with van der Waals surface area (Å²) < 4.78 is 41.4. The molecule has 2 heterocycles. The van der Waals surface area contributed by atoms with E-state index in [4.69, 9.17) is 0 Å². The fourth-order valence-electron chi connectivity index (χ4n) is 1.66. The maximum atomic E-state index is 13.6. The molecule has 0 aliphatic rings. The van der Waals surface area contributed by atoms with Crippen LogP contribution in [0.3, 0.4) is 0 Å². The number of amides is 1. The summed E-state index contributed by atoms with van der Waals surface area (Å²) in [5.74, 6) is -4.71. The number of carbonyl (C=O) groups excluding carboxylic acids is 1. The molecule has 2 aromatic heterocycles. The highest BCUT2D eigenvalue weighted by Gasteiger charge is 2.18. The van der Waals surface area contributed by atoms with Gasteiger partial charge in [-0.3, -0.25) is 4.79 Å². The van der Waals surface area contributed by atoms with E-state index in [-0.39, 0.29) is 21.1 Å². The van der Waals surface area contributed by atoms with Crippen molar-refractivity contribution in [1.82, 2.24) is 25.2 Å². The number of aryl methyl sites for hydroxylation is 1. The lowest BCUT2D eigenvalue weighted by molar-refractivity contribution is -0.113. The molecule has 1 N–H and O–H groups in total. The Labute approximate surface area is 134 Å². The Bertz CT molecular complexity index is 895. The molecule has 1 amide bonds. The molecule has 12 heteroatoms. The predicted molar refractivity (Wildman–Crippen MR) is 77.6 cm³/mol. The Balaban J connectivity index is 1.72. The van der Waals surface area contributed by atoms with Crippen LogP contribution in [0.1, 0.15) is 0 Å². The van der Waals surface area contributed by atoms with Crippen LogP contribution in [-0.2, 0) is 11.8 Å². The minimum atomic E-state index is -1.59. The molecule has 3 rings (SSSR count). The smallest absolute Gasteiger partial charge is 0.236 e. The first kappa shape index (κ1) is 15.7. The van der Waals surface area contributed by atoms with Crippen molar-refractivity contribution in [3.63, 3.8) is 0 Å². The molecular formula is C11H7F3N6OS2. The van der Waals surface area contributed by atoms with E-state index in [1.165, 1.54) is 4.68 Å². The maximum Gasteiger partial charge on any atom is 0.236 e. The van der Waals surface area contributed by atoms with Gasteiger partial charge in [0.05, 0.1) is 10.5 Å². The Kier molecular flexibility index (Phi) is 4.17. The fourth-order valence-corrected chi connectivity index (χ4v) is 3.21. The van der Waals surface area contributed by atoms with Gasteiger partial charge >= 0.3 is 0 Å². The summed E-state index contributed by atoms with van der Waals surface area (Å²) in [6, 6.07) is 0.834. The molecule has 0 saturated carbocycles. The largest absolute Gasteiger partial charge is 0.301 e. The summed E-state index contributed by atoms with van der Waals surface area (Å²) in [6.07, 6.45) is 0. The molecule has 0 fully saturated rings. The van der Waals surface area contributed by atoms with Gasteiger partial charge in [-0.15, -0.1) is 5.10 Å². The third kappa shape index (κ3) is 3.12. The normalized spacial score (nSPS) is 11.1. The molecule has 0 aliphatic carbocycles. The average Bonchev–Trinajstić information content (AvgIpc) is 3.09. The number of hydrogen-bond donors (Lipinski definition) is 1. The minimum Gasteiger partial charge on any atom is -0.301 e. The van der Waals surface area contributed by atoms with E-state index in [2.05, 4.69) is 25.8 Å². The van der Waals surface area contributed by atoms with E-state index < -0.39 is 23.4 Å². The fraction of sp³-hybridized carbons (Fsp3) is 0.182. The number of carbonyl (C=O) groups is 1. The Hall–Kier alpha value is -2.21. The lowest BCUT2D eigenvalue weighted by Gasteiger charge is -2.00. The highest BCUT2D eigenvalue weighted by Crippen LogP contribution is 2.30. The van der Waals surface area contributed by atoms with Crippen LogP contribution < -0.4 is 5.32 Å². The molecule has 0 aliphatic heterocycles. The molecule has 0 radical (unpaired) electrons. The summed E-state index contributed by atoms with van der Waals surface area (Å²) in [7, 11) is 1.62. The highest BCUT2D eigenvalue weighted by molar-refractivity contribution is 7.99. The van der Waals surface area contributed by atoms with Gasteiger partial charge in [0.1, 0.15) is 5.52 Å². The van der Waals surface area contributed by atoms with Gasteiger partial charge in [0.15, 0.2) is 22.6 Å². The zero-order valence-corrected chi connectivity index (χ0v) is 13.0. The molecule has 7 nitrogen and oxygen atoms in total. The van der Waals surface area contributed by atoms with Crippen LogP contribution in [0.25, 0.3) is 10.2 Å². The summed E-state index contributed by atoms with van der Waals surface area (Å²) in [5.41, 5.74) is -0.325. The van der Waals surface area contributed by atoms with Crippen LogP contribution in [0.5, 0.6) is 0 Å². The van der Waals surface area contributed by atoms with Crippen molar-refractivity contribution in [2.45, 2.75) is 5.16 Å². The number of aromatic nitrogens is 5. The number of nitrogens with zero attached hydrogens (tertiary/aromatic N) is 5. The van der Waals surface area contributed by atoms with Gasteiger partial charge in [0.25, 0.3) is 0 Å². The van der Waals surface area contributed by atoms with E-state index in [9.17, 15) is 18.0 Å². The monoisotopic (exact) mass is 360 g/mol. The van der Waals surface area contributed by atoms with Gasteiger partial charge in [-0.25, -0.2) is 22.8 Å². The Morgan fingerprint density at radius 1 is 1.39 bits per heavy atom.